The molecule has 0 aliphatic heterocycles. The van der Waals surface area contributed by atoms with E-state index in [4.69, 9.17) is 0 Å². The summed E-state index contributed by atoms with van der Waals surface area (Å²) < 4.78 is 0. The summed E-state index contributed by atoms with van der Waals surface area (Å²) in [5.74, 6) is 0. The fourth-order valence-electron chi connectivity index (χ4n) is 5.30. The molecule has 0 nitrogen and oxygen atoms in total. The molecule has 0 saturated heterocycles. The average Bonchev–Trinajstić information content (AvgIpc) is 3.07. The first kappa shape index (κ1) is 25.5. The first-order chi connectivity index (χ1) is 20.7. The van der Waals surface area contributed by atoms with E-state index in [0.29, 0.717) is 0 Å². The molecule has 0 atom stereocenters. The van der Waals surface area contributed by atoms with Crippen molar-refractivity contribution in [2.75, 3.05) is 0 Å². The molecule has 198 valence electrons. The summed E-state index contributed by atoms with van der Waals surface area (Å²) in [6.45, 7) is 0. The Kier molecular flexibility index (Phi) is 7.02. The van der Waals surface area contributed by atoms with E-state index >= 15 is 0 Å². The Hall–Kier alpha value is -5.46. The number of rotatable bonds is 0. The predicted octanol–water partition coefficient (Wildman–Crippen LogP) is 12.0. The molecule has 0 spiro atoms. The van der Waals surface area contributed by atoms with Crippen LogP contribution in [0.3, 0.4) is 0 Å². The van der Waals surface area contributed by atoms with Crippen molar-refractivity contribution in [2.45, 2.75) is 0 Å². The van der Waals surface area contributed by atoms with Gasteiger partial charge in [0, 0.05) is 0 Å². The number of benzene rings is 6. The Balaban J connectivity index is 1.36. The maximum Gasteiger partial charge on any atom is -0.0184 e. The largest absolute Gasteiger partial charge is 0.0544 e. The van der Waals surface area contributed by atoms with Crippen LogP contribution in [0.1, 0.15) is 0 Å². The lowest BCUT2D eigenvalue weighted by atomic mass is 10.1. The van der Waals surface area contributed by atoms with Crippen molar-refractivity contribution in [2.24, 2.45) is 0 Å². The second-order valence-electron chi connectivity index (χ2n) is 10.7. The fourth-order valence-corrected chi connectivity index (χ4v) is 5.30. The molecule has 0 saturated carbocycles. The van der Waals surface area contributed by atoms with E-state index in [1.807, 2.05) is 0 Å². The molecule has 16 aromatic carbocycles. The van der Waals surface area contributed by atoms with Gasteiger partial charge >= 0.3 is 0 Å². The van der Waals surface area contributed by atoms with E-state index in [1.54, 1.807) is 0 Å². The second-order valence-corrected chi connectivity index (χ2v) is 10.7. The van der Waals surface area contributed by atoms with Crippen LogP contribution in [0.2, 0.25) is 0 Å². The van der Waals surface area contributed by atoms with Gasteiger partial charge in [0.1, 0.15) is 0 Å². The van der Waals surface area contributed by atoms with Crippen LogP contribution in [0, 0.1) is 0 Å². The van der Waals surface area contributed by atoms with Gasteiger partial charge in [-0.1, -0.05) is 182 Å². The average molecular weight is 535 g/mol. The highest BCUT2D eigenvalue weighted by Crippen LogP contribution is 2.18. The predicted molar refractivity (Wildman–Crippen MR) is 184 cm³/mol. The quantitative estimate of drug-likeness (QED) is 0.181. The van der Waals surface area contributed by atoms with Crippen molar-refractivity contribution in [3.63, 3.8) is 0 Å². The first-order valence-corrected chi connectivity index (χ1v) is 14.4. The summed E-state index contributed by atoms with van der Waals surface area (Å²) in [5, 5.41) is 14.4. The molecule has 0 unspecified atom stereocenters. The lowest BCUT2D eigenvalue weighted by Gasteiger charge is -1.96. The summed E-state index contributed by atoms with van der Waals surface area (Å²) >= 11 is 0. The highest BCUT2D eigenvalue weighted by Gasteiger charge is 1.92. The molecule has 0 aromatic heterocycles. The summed E-state index contributed by atoms with van der Waals surface area (Å²) in [6.07, 6.45) is 0. The zero-order chi connectivity index (χ0) is 28.1. The molecule has 0 radical (unpaired) electrons. The van der Waals surface area contributed by atoms with Gasteiger partial charge in [-0.3, -0.25) is 0 Å². The van der Waals surface area contributed by atoms with E-state index < -0.39 is 0 Å². The molecule has 0 aliphatic carbocycles. The number of hydrogen-bond donors (Lipinski definition) is 0. The van der Waals surface area contributed by atoms with E-state index in [-0.39, 0.29) is 0 Å². The summed E-state index contributed by atoms with van der Waals surface area (Å²) in [4.78, 5) is 0. The van der Waals surface area contributed by atoms with Crippen molar-refractivity contribution in [3.8, 4) is 0 Å². The fraction of sp³-hybridized carbons (Fsp3) is 0. The molecule has 0 fully saturated rings. The van der Waals surface area contributed by atoms with Gasteiger partial charge in [-0.2, -0.15) is 0 Å². The van der Waals surface area contributed by atoms with Crippen LogP contribution in [0.5, 0.6) is 0 Å². The zero-order valence-corrected chi connectivity index (χ0v) is 23.3. The monoisotopic (exact) mass is 534 g/mol. The molecule has 0 aliphatic rings. The van der Waals surface area contributed by atoms with E-state index in [2.05, 4.69) is 182 Å². The third-order valence-electron chi connectivity index (χ3n) is 7.87. The minimum atomic E-state index is 1.19. The summed E-state index contributed by atoms with van der Waals surface area (Å²) in [7, 11) is 0. The van der Waals surface area contributed by atoms with Gasteiger partial charge in [-0.05, 0) is 64.6 Å². The van der Waals surface area contributed by atoms with Gasteiger partial charge in [-0.15, -0.1) is 0 Å². The highest BCUT2D eigenvalue weighted by atomic mass is 14.0. The Morgan fingerprint density at radius 1 is 0.119 bits per heavy atom. The molecule has 42 heavy (non-hydrogen) atoms. The Morgan fingerprint density at radius 3 is 0.333 bits per heavy atom. The highest BCUT2D eigenvalue weighted by molar-refractivity contribution is 5.87. The summed E-state index contributed by atoms with van der Waals surface area (Å²) in [5.41, 5.74) is 0. The minimum absolute atomic E-state index is 1.19. The molecular formula is C42H30. The van der Waals surface area contributed by atoms with E-state index in [1.165, 1.54) is 64.6 Å². The topological polar surface area (TPSA) is 0 Å². The van der Waals surface area contributed by atoms with Crippen LogP contribution >= 0.6 is 0 Å². The van der Waals surface area contributed by atoms with Gasteiger partial charge < -0.3 is 0 Å². The van der Waals surface area contributed by atoms with Crippen molar-refractivity contribution in [3.05, 3.63) is 182 Å². The van der Waals surface area contributed by atoms with Gasteiger partial charge in [0.15, 0.2) is 0 Å². The van der Waals surface area contributed by atoms with Crippen molar-refractivity contribution in [1.29, 1.82) is 0 Å². The second kappa shape index (κ2) is 11.6. The van der Waals surface area contributed by atoms with Crippen LogP contribution in [-0.4, -0.2) is 0 Å². The molecule has 12 bridgehead atoms. The Bertz CT molecular complexity index is 1760. The maximum absolute atomic E-state index is 2.20. The van der Waals surface area contributed by atoms with Crippen LogP contribution in [0.25, 0.3) is 64.6 Å². The van der Waals surface area contributed by atoms with Crippen LogP contribution < -0.4 is 0 Å². The molecule has 0 heterocycles. The van der Waals surface area contributed by atoms with Crippen LogP contribution in [0.4, 0.5) is 0 Å². The molecule has 0 amide bonds. The summed E-state index contributed by atoms with van der Waals surface area (Å²) in [6, 6.07) is 65.6. The van der Waals surface area contributed by atoms with Crippen molar-refractivity contribution < 1.29 is 0 Å². The van der Waals surface area contributed by atoms with Gasteiger partial charge in [0.2, 0.25) is 0 Å². The van der Waals surface area contributed by atoms with E-state index in [9.17, 15) is 0 Å². The Labute approximate surface area is 246 Å². The van der Waals surface area contributed by atoms with Crippen molar-refractivity contribution in [1.82, 2.24) is 0 Å². The first-order valence-electron chi connectivity index (χ1n) is 14.4. The van der Waals surface area contributed by atoms with Crippen molar-refractivity contribution >= 4 is 64.6 Å². The molecule has 16 rings (SSSR count). The third-order valence-corrected chi connectivity index (χ3v) is 7.87. The number of hydrogen-bond acceptors (Lipinski definition) is 0. The molecule has 0 heteroatoms. The molecule has 16 aromatic rings. The lowest BCUT2D eigenvalue weighted by Crippen LogP contribution is -1.71. The normalized spacial score (nSPS) is 10.9. The van der Waals surface area contributed by atoms with Crippen LogP contribution in [-0.2, 0) is 0 Å². The maximum atomic E-state index is 2.20. The minimum Gasteiger partial charge on any atom is -0.0544 e. The van der Waals surface area contributed by atoms with Gasteiger partial charge in [0.05, 0.1) is 0 Å². The van der Waals surface area contributed by atoms with Crippen LogP contribution in [0.15, 0.2) is 182 Å². The van der Waals surface area contributed by atoms with Gasteiger partial charge in [-0.25, -0.2) is 0 Å². The van der Waals surface area contributed by atoms with E-state index in [0.717, 1.165) is 0 Å². The smallest absolute Gasteiger partial charge is 0.0184 e. The standard InChI is InChI=1S/C42H30/c1-2-32-9-21-38(22-10-32)40-25-13-34(14-26-40)5-6-36-17-29-42(30-18-36)41-27-15-35(16-28-41)4-3-33-11-23-39(24-12-33)37-19-7-31(1)8-20-37/h1-30H. The molecular weight excluding hydrogens is 504 g/mol. The van der Waals surface area contributed by atoms with Gasteiger partial charge in [0.25, 0.3) is 0 Å². The molecule has 0 N–H and O–H groups in total. The SMILES string of the molecule is c1cc2ccc(cc2)c2ccc(ccc3ccc(cc3)c3ccc(ccc4ccc(cc4)c4ccc1cc4)cc3)cc2. The zero-order valence-electron chi connectivity index (χ0n) is 23.3. The lowest BCUT2D eigenvalue weighted by molar-refractivity contribution is 1.77. The third kappa shape index (κ3) is 5.84. The Morgan fingerprint density at radius 2 is 0.214 bits per heavy atom.